The molecule has 0 aliphatic carbocycles. The maximum atomic E-state index is 10.2. The van der Waals surface area contributed by atoms with E-state index in [2.05, 4.69) is 10.1 Å². The average molecular weight is 216 g/mol. The zero-order chi connectivity index (χ0) is 11.4. The Kier molecular flexibility index (Phi) is 3.29. The molecule has 1 aromatic heterocycles. The smallest absolute Gasteiger partial charge is 0.481 e. The number of aliphatic hydroxyl groups excluding tert-OH is 1. The van der Waals surface area contributed by atoms with Crippen molar-refractivity contribution < 1.29 is 19.9 Å². The number of hydrogen-bond donors (Lipinski definition) is 2. The number of aliphatic hydroxyl groups is 1. The molecule has 9 nitrogen and oxygen atoms in total. The first-order valence-electron chi connectivity index (χ1n) is 3.92. The standard InChI is InChI=1S/C6H8N4O5/c11-4(1-5(12)13)2-9-3-7-6(8-9)10(14)15/h3-4,11H,1-2H2,(H,12,13). The molecule has 0 aliphatic rings. The molecule has 0 fully saturated rings. The highest BCUT2D eigenvalue weighted by molar-refractivity contribution is 5.67. The third-order valence-electron chi connectivity index (χ3n) is 1.50. The fraction of sp³-hybridized carbons (Fsp3) is 0.500. The summed E-state index contributed by atoms with van der Waals surface area (Å²) in [6.07, 6.45) is -0.541. The van der Waals surface area contributed by atoms with Crippen LogP contribution in [0.2, 0.25) is 0 Å². The number of aromatic nitrogens is 3. The summed E-state index contributed by atoms with van der Waals surface area (Å²) >= 11 is 0. The van der Waals surface area contributed by atoms with Crippen LogP contribution < -0.4 is 0 Å². The van der Waals surface area contributed by atoms with Gasteiger partial charge in [0.1, 0.15) is 0 Å². The molecular weight excluding hydrogens is 208 g/mol. The molecule has 0 spiro atoms. The topological polar surface area (TPSA) is 131 Å². The lowest BCUT2D eigenvalue weighted by atomic mass is 10.2. The second-order valence-corrected chi connectivity index (χ2v) is 2.78. The van der Waals surface area contributed by atoms with E-state index in [9.17, 15) is 20.0 Å². The average Bonchev–Trinajstić information content (AvgIpc) is 2.50. The van der Waals surface area contributed by atoms with Crippen LogP contribution in [-0.4, -0.2) is 42.0 Å². The molecule has 0 amide bonds. The third-order valence-corrected chi connectivity index (χ3v) is 1.50. The summed E-state index contributed by atoms with van der Waals surface area (Å²) in [4.78, 5) is 23.0. The number of rotatable bonds is 5. The van der Waals surface area contributed by atoms with Gasteiger partial charge in [0.05, 0.1) is 19.1 Å². The van der Waals surface area contributed by atoms with E-state index in [4.69, 9.17) is 5.11 Å². The molecule has 0 aromatic carbocycles. The summed E-state index contributed by atoms with van der Waals surface area (Å²) in [5.41, 5.74) is 0. The summed E-state index contributed by atoms with van der Waals surface area (Å²) in [6, 6.07) is 0. The normalized spacial score (nSPS) is 12.3. The van der Waals surface area contributed by atoms with E-state index in [1.54, 1.807) is 0 Å². The third kappa shape index (κ3) is 3.31. The van der Waals surface area contributed by atoms with Gasteiger partial charge in [0.25, 0.3) is 0 Å². The van der Waals surface area contributed by atoms with Gasteiger partial charge in [-0.05, 0) is 4.92 Å². The molecule has 82 valence electrons. The van der Waals surface area contributed by atoms with Crippen molar-refractivity contribution in [3.8, 4) is 0 Å². The summed E-state index contributed by atoms with van der Waals surface area (Å²) < 4.78 is 1.02. The highest BCUT2D eigenvalue weighted by atomic mass is 16.6. The minimum atomic E-state index is -1.16. The van der Waals surface area contributed by atoms with Gasteiger partial charge in [-0.1, -0.05) is 4.98 Å². The van der Waals surface area contributed by atoms with Gasteiger partial charge in [-0.15, -0.1) is 0 Å². The molecule has 0 aliphatic heterocycles. The minimum absolute atomic E-state index is 0.146. The molecule has 0 bridgehead atoms. The van der Waals surface area contributed by atoms with Crippen molar-refractivity contribution in [1.29, 1.82) is 0 Å². The Labute approximate surface area is 83.1 Å². The van der Waals surface area contributed by atoms with Crippen LogP contribution in [0.25, 0.3) is 0 Å². The number of hydrogen-bond acceptors (Lipinski definition) is 6. The number of aliphatic carboxylic acids is 1. The molecule has 0 saturated carbocycles. The number of nitrogens with zero attached hydrogens (tertiary/aromatic N) is 4. The van der Waals surface area contributed by atoms with E-state index in [0.717, 1.165) is 11.0 Å². The van der Waals surface area contributed by atoms with Gasteiger partial charge >= 0.3 is 11.9 Å². The lowest BCUT2D eigenvalue weighted by molar-refractivity contribution is -0.394. The van der Waals surface area contributed by atoms with Crippen LogP contribution in [0.3, 0.4) is 0 Å². The van der Waals surface area contributed by atoms with E-state index in [-0.39, 0.29) is 6.54 Å². The van der Waals surface area contributed by atoms with Gasteiger partial charge in [0.2, 0.25) is 6.33 Å². The molecule has 1 aromatic rings. The molecule has 1 atom stereocenters. The second kappa shape index (κ2) is 4.46. The first kappa shape index (κ1) is 11.0. The minimum Gasteiger partial charge on any atom is -0.481 e. The number of nitro groups is 1. The van der Waals surface area contributed by atoms with Crippen molar-refractivity contribution in [1.82, 2.24) is 14.8 Å². The number of carboxylic acids is 1. The van der Waals surface area contributed by atoms with E-state index >= 15 is 0 Å². The van der Waals surface area contributed by atoms with Gasteiger partial charge in [-0.2, -0.15) is 4.68 Å². The summed E-state index contributed by atoms with van der Waals surface area (Å²) in [7, 11) is 0. The Hall–Kier alpha value is -2.03. The lowest BCUT2D eigenvalue weighted by Crippen LogP contribution is -2.20. The van der Waals surface area contributed by atoms with Gasteiger partial charge in [-0.25, -0.2) is 0 Å². The zero-order valence-corrected chi connectivity index (χ0v) is 7.48. The van der Waals surface area contributed by atoms with E-state index in [1.165, 1.54) is 0 Å². The Bertz CT molecular complexity index is 375. The monoisotopic (exact) mass is 216 g/mol. The maximum Gasteiger partial charge on any atom is 0.490 e. The Morgan fingerprint density at radius 3 is 2.87 bits per heavy atom. The number of carboxylic acid groups (broad SMARTS) is 1. The Morgan fingerprint density at radius 1 is 1.73 bits per heavy atom. The van der Waals surface area contributed by atoms with Crippen LogP contribution in [0.15, 0.2) is 6.33 Å². The Morgan fingerprint density at radius 2 is 2.40 bits per heavy atom. The predicted molar refractivity (Wildman–Crippen MR) is 44.9 cm³/mol. The molecule has 9 heteroatoms. The van der Waals surface area contributed by atoms with Crippen molar-refractivity contribution in [3.05, 3.63) is 16.4 Å². The Balaban J connectivity index is 2.57. The van der Waals surface area contributed by atoms with E-state index < -0.39 is 29.4 Å². The predicted octanol–water partition coefficient (Wildman–Crippen LogP) is -0.978. The zero-order valence-electron chi connectivity index (χ0n) is 7.48. The van der Waals surface area contributed by atoms with Gasteiger partial charge < -0.3 is 20.3 Å². The lowest BCUT2D eigenvalue weighted by Gasteiger charge is -2.03. The van der Waals surface area contributed by atoms with Gasteiger partial charge in [0.15, 0.2) is 0 Å². The fourth-order valence-corrected chi connectivity index (χ4v) is 0.938. The maximum absolute atomic E-state index is 10.2. The highest BCUT2D eigenvalue weighted by Crippen LogP contribution is 2.02. The SMILES string of the molecule is O=C(O)CC(O)Cn1cnc([N+](=O)[O-])n1. The van der Waals surface area contributed by atoms with Crippen molar-refractivity contribution in [3.63, 3.8) is 0 Å². The highest BCUT2D eigenvalue weighted by Gasteiger charge is 2.17. The van der Waals surface area contributed by atoms with Crippen molar-refractivity contribution >= 4 is 11.9 Å². The fourth-order valence-electron chi connectivity index (χ4n) is 0.938. The van der Waals surface area contributed by atoms with E-state index in [1.807, 2.05) is 0 Å². The van der Waals surface area contributed by atoms with Crippen LogP contribution in [0, 0.1) is 10.1 Å². The molecule has 1 rings (SSSR count). The van der Waals surface area contributed by atoms with Crippen molar-refractivity contribution in [2.45, 2.75) is 19.1 Å². The number of carbonyl (C=O) groups is 1. The first-order chi connectivity index (χ1) is 6.99. The quantitative estimate of drug-likeness (QED) is 0.477. The van der Waals surface area contributed by atoms with Gasteiger partial charge in [0, 0.05) is 5.10 Å². The summed E-state index contributed by atoms with van der Waals surface area (Å²) in [5.74, 6) is -1.74. The second-order valence-electron chi connectivity index (χ2n) is 2.78. The van der Waals surface area contributed by atoms with Crippen LogP contribution in [0.1, 0.15) is 6.42 Å². The van der Waals surface area contributed by atoms with Crippen molar-refractivity contribution in [2.24, 2.45) is 0 Å². The summed E-state index contributed by atoms with van der Waals surface area (Å²) in [6.45, 7) is -0.146. The van der Waals surface area contributed by atoms with Gasteiger partial charge in [-0.3, -0.25) is 4.79 Å². The molecule has 0 saturated heterocycles. The largest absolute Gasteiger partial charge is 0.490 e. The molecule has 15 heavy (non-hydrogen) atoms. The van der Waals surface area contributed by atoms with Crippen LogP contribution in [0.5, 0.6) is 0 Å². The first-order valence-corrected chi connectivity index (χ1v) is 3.92. The molecule has 1 unspecified atom stereocenters. The molecule has 2 N–H and O–H groups in total. The molecular formula is C6H8N4O5. The molecule has 0 radical (unpaired) electrons. The van der Waals surface area contributed by atoms with Crippen molar-refractivity contribution in [2.75, 3.05) is 0 Å². The van der Waals surface area contributed by atoms with Crippen LogP contribution in [-0.2, 0) is 11.3 Å². The summed E-state index contributed by atoms with van der Waals surface area (Å²) in [5, 5.41) is 31.1. The van der Waals surface area contributed by atoms with Crippen LogP contribution in [0.4, 0.5) is 5.95 Å². The van der Waals surface area contributed by atoms with E-state index in [0.29, 0.717) is 0 Å². The van der Waals surface area contributed by atoms with Crippen LogP contribution >= 0.6 is 0 Å². The molecule has 1 heterocycles.